The number of aryl methyl sites for hydroxylation is 2. The first-order valence-corrected chi connectivity index (χ1v) is 12.9. The minimum absolute atomic E-state index is 0.0634. The van der Waals surface area contributed by atoms with Crippen LogP contribution in [0.1, 0.15) is 61.6 Å². The van der Waals surface area contributed by atoms with E-state index in [0.29, 0.717) is 0 Å². The summed E-state index contributed by atoms with van der Waals surface area (Å²) in [5.41, 5.74) is 3.64. The number of aromatic nitrogens is 3. The summed E-state index contributed by atoms with van der Waals surface area (Å²) < 4.78 is 6.21. The first-order valence-electron chi connectivity index (χ1n) is 12.9. The van der Waals surface area contributed by atoms with E-state index in [2.05, 4.69) is 32.0 Å². The molecule has 1 aliphatic heterocycles. The van der Waals surface area contributed by atoms with E-state index >= 15 is 0 Å². The normalized spacial score (nSPS) is 16.3. The lowest BCUT2D eigenvalue weighted by atomic mass is 10.00. The molecule has 1 aliphatic rings. The number of nitrogens with zero attached hydrogens (tertiary/aromatic N) is 4. The summed E-state index contributed by atoms with van der Waals surface area (Å²) in [6.07, 6.45) is 19.6. The van der Waals surface area contributed by atoms with Crippen LogP contribution in [0.25, 0.3) is 0 Å². The van der Waals surface area contributed by atoms with Crippen LogP contribution in [0.4, 0.5) is 0 Å². The summed E-state index contributed by atoms with van der Waals surface area (Å²) >= 11 is 0. The molecule has 0 unspecified atom stereocenters. The molecule has 0 radical (unpaired) electrons. The van der Waals surface area contributed by atoms with Crippen LogP contribution in [-0.2, 0) is 28.9 Å². The summed E-state index contributed by atoms with van der Waals surface area (Å²) in [4.78, 5) is 28.2. The fourth-order valence-corrected chi connectivity index (χ4v) is 4.83. The summed E-state index contributed by atoms with van der Waals surface area (Å²) in [7, 11) is 0. The van der Waals surface area contributed by atoms with Crippen LogP contribution >= 0.6 is 0 Å². The molecular weight excluding hydrogens is 436 g/mol. The molecule has 0 aliphatic carbocycles. The molecular formula is C29H36N4O2. The molecule has 1 atom stereocenters. The van der Waals surface area contributed by atoms with E-state index in [1.54, 1.807) is 12.4 Å². The van der Waals surface area contributed by atoms with Crippen LogP contribution in [-0.4, -0.2) is 44.5 Å². The Labute approximate surface area is 208 Å². The van der Waals surface area contributed by atoms with Crippen LogP contribution in [0.15, 0.2) is 73.6 Å². The van der Waals surface area contributed by atoms with Crippen molar-refractivity contribution in [1.29, 1.82) is 0 Å². The quantitative estimate of drug-likeness (QED) is 0.338. The zero-order chi connectivity index (χ0) is 24.1. The van der Waals surface area contributed by atoms with Gasteiger partial charge < -0.3 is 4.74 Å². The average molecular weight is 473 g/mol. The molecule has 1 fully saturated rings. The number of carbonyl (C=O) groups is 1. The summed E-state index contributed by atoms with van der Waals surface area (Å²) in [6.45, 7) is 1.68. The van der Waals surface area contributed by atoms with Gasteiger partial charge in [0.15, 0.2) is 0 Å². The number of hydrogen-bond acceptors (Lipinski definition) is 6. The lowest BCUT2D eigenvalue weighted by Crippen LogP contribution is -2.45. The number of hydrogen-bond donors (Lipinski definition) is 0. The van der Waals surface area contributed by atoms with Gasteiger partial charge >= 0.3 is 5.97 Å². The van der Waals surface area contributed by atoms with Crippen molar-refractivity contribution in [2.24, 2.45) is 0 Å². The van der Waals surface area contributed by atoms with Crippen LogP contribution in [0.3, 0.4) is 0 Å². The molecule has 6 nitrogen and oxygen atoms in total. The Morgan fingerprint density at radius 2 is 1.51 bits per heavy atom. The van der Waals surface area contributed by atoms with Gasteiger partial charge in [0, 0.05) is 43.7 Å². The van der Waals surface area contributed by atoms with Gasteiger partial charge in [-0.1, -0.05) is 18.6 Å². The Kier molecular flexibility index (Phi) is 9.77. The Hall–Kier alpha value is -3.12. The summed E-state index contributed by atoms with van der Waals surface area (Å²) in [5, 5.41) is 0. The molecule has 3 aromatic heterocycles. The van der Waals surface area contributed by atoms with Crippen LogP contribution in [0.2, 0.25) is 0 Å². The zero-order valence-electron chi connectivity index (χ0n) is 20.5. The number of esters is 1. The largest absolute Gasteiger partial charge is 0.461 e. The maximum Gasteiger partial charge on any atom is 0.323 e. The van der Waals surface area contributed by atoms with E-state index < -0.39 is 0 Å². The predicted octanol–water partition coefficient (Wildman–Crippen LogP) is 5.18. The number of pyridine rings is 3. The standard InChI is InChI=1S/C29H36N4O2/c34-29(28-13-1-2-20-33(28)23-26-14-18-30-19-15-26)35-27(11-3-7-24-9-5-16-31-21-24)12-4-8-25-10-6-17-32-22-25/h5-6,9-10,14-19,21-22,27-28H,1-4,7-8,11-13,20,23H2/t28-/m0/s1. The first-order chi connectivity index (χ1) is 17.3. The highest BCUT2D eigenvalue weighted by molar-refractivity contribution is 5.76. The molecule has 0 amide bonds. The first kappa shape index (κ1) is 25.0. The predicted molar refractivity (Wildman–Crippen MR) is 137 cm³/mol. The third kappa shape index (κ3) is 8.25. The molecule has 1 saturated heterocycles. The van der Waals surface area contributed by atoms with Crippen molar-refractivity contribution in [3.8, 4) is 0 Å². The van der Waals surface area contributed by atoms with E-state index in [1.807, 2.05) is 49.1 Å². The molecule has 184 valence electrons. The second kappa shape index (κ2) is 13.7. The SMILES string of the molecule is O=C(OC(CCCc1cccnc1)CCCc1cccnc1)[C@@H]1CCCCN1Cc1ccncc1. The maximum atomic E-state index is 13.4. The van der Waals surface area contributed by atoms with Crippen LogP contribution in [0, 0.1) is 0 Å². The van der Waals surface area contributed by atoms with Crippen molar-refractivity contribution >= 4 is 5.97 Å². The Bertz CT molecular complexity index is 955. The van der Waals surface area contributed by atoms with Gasteiger partial charge in [0.1, 0.15) is 12.1 Å². The molecule has 35 heavy (non-hydrogen) atoms. The molecule has 6 heteroatoms. The van der Waals surface area contributed by atoms with Crippen molar-refractivity contribution in [3.05, 3.63) is 90.3 Å². The van der Waals surface area contributed by atoms with Gasteiger partial charge in [-0.05, 0) is 98.9 Å². The van der Waals surface area contributed by atoms with Crippen molar-refractivity contribution < 1.29 is 9.53 Å². The topological polar surface area (TPSA) is 68.2 Å². The third-order valence-corrected chi connectivity index (χ3v) is 6.73. The minimum atomic E-state index is -0.170. The van der Waals surface area contributed by atoms with Crippen molar-refractivity contribution in [2.75, 3.05) is 6.54 Å². The highest BCUT2D eigenvalue weighted by Crippen LogP contribution is 2.23. The van der Waals surface area contributed by atoms with Gasteiger partial charge in [-0.2, -0.15) is 0 Å². The number of rotatable bonds is 12. The molecule has 3 aromatic rings. The number of likely N-dealkylation sites (tertiary alicyclic amines) is 1. The van der Waals surface area contributed by atoms with Crippen LogP contribution < -0.4 is 0 Å². The van der Waals surface area contributed by atoms with Gasteiger partial charge in [0.2, 0.25) is 0 Å². The van der Waals surface area contributed by atoms with Crippen molar-refractivity contribution in [3.63, 3.8) is 0 Å². The lowest BCUT2D eigenvalue weighted by molar-refractivity contribution is -0.158. The van der Waals surface area contributed by atoms with Crippen molar-refractivity contribution in [2.45, 2.75) is 76.5 Å². The van der Waals surface area contributed by atoms with Gasteiger partial charge in [-0.3, -0.25) is 24.6 Å². The number of carbonyl (C=O) groups excluding carboxylic acids is 1. The fourth-order valence-electron chi connectivity index (χ4n) is 4.83. The van der Waals surface area contributed by atoms with E-state index in [9.17, 15) is 4.79 Å². The van der Waals surface area contributed by atoms with Crippen LogP contribution in [0.5, 0.6) is 0 Å². The second-order valence-electron chi connectivity index (χ2n) is 9.40. The third-order valence-electron chi connectivity index (χ3n) is 6.73. The molecule has 0 saturated carbocycles. The maximum absolute atomic E-state index is 13.4. The average Bonchev–Trinajstić information content (AvgIpc) is 2.91. The number of ether oxygens (including phenoxy) is 1. The highest BCUT2D eigenvalue weighted by Gasteiger charge is 2.31. The van der Waals surface area contributed by atoms with Gasteiger partial charge in [0.05, 0.1) is 0 Å². The van der Waals surface area contributed by atoms with E-state index in [-0.39, 0.29) is 18.1 Å². The Morgan fingerprint density at radius 3 is 2.11 bits per heavy atom. The van der Waals surface area contributed by atoms with E-state index in [4.69, 9.17) is 4.74 Å². The van der Waals surface area contributed by atoms with Crippen molar-refractivity contribution in [1.82, 2.24) is 19.9 Å². The lowest BCUT2D eigenvalue weighted by Gasteiger charge is -2.35. The van der Waals surface area contributed by atoms with Gasteiger partial charge in [-0.15, -0.1) is 0 Å². The Balaban J connectivity index is 1.35. The minimum Gasteiger partial charge on any atom is -0.461 e. The zero-order valence-corrected chi connectivity index (χ0v) is 20.5. The summed E-state index contributed by atoms with van der Waals surface area (Å²) in [5.74, 6) is -0.0634. The van der Waals surface area contributed by atoms with Gasteiger partial charge in [0.25, 0.3) is 0 Å². The van der Waals surface area contributed by atoms with Gasteiger partial charge in [-0.25, -0.2) is 0 Å². The second-order valence-corrected chi connectivity index (χ2v) is 9.40. The fraction of sp³-hybridized carbons (Fsp3) is 0.448. The van der Waals surface area contributed by atoms with E-state index in [1.165, 1.54) is 16.7 Å². The smallest absolute Gasteiger partial charge is 0.323 e. The molecule has 4 rings (SSSR count). The Morgan fingerprint density at radius 1 is 0.857 bits per heavy atom. The monoisotopic (exact) mass is 472 g/mol. The summed E-state index contributed by atoms with van der Waals surface area (Å²) in [6, 6.07) is 12.0. The molecule has 0 spiro atoms. The van der Waals surface area contributed by atoms with E-state index in [0.717, 1.165) is 70.9 Å². The molecule has 0 bridgehead atoms. The molecule has 4 heterocycles. The molecule has 0 N–H and O–H groups in total. The molecule has 0 aromatic carbocycles. The number of piperidine rings is 1. The highest BCUT2D eigenvalue weighted by atomic mass is 16.5.